The van der Waals surface area contributed by atoms with Crippen LogP contribution in [0.25, 0.3) is 72.5 Å². The molecule has 1 aliphatic carbocycles. The Balaban J connectivity index is 1.18. The molecule has 49 heavy (non-hydrogen) atoms. The first-order valence-electron chi connectivity index (χ1n) is 17.2. The number of para-hydroxylation sites is 1. The van der Waals surface area contributed by atoms with Crippen LogP contribution < -0.4 is 10.4 Å². The normalized spacial score (nSPS) is 14.9. The first kappa shape index (κ1) is 28.4. The summed E-state index contributed by atoms with van der Waals surface area (Å²) >= 11 is 0. The van der Waals surface area contributed by atoms with Crippen molar-refractivity contribution in [2.75, 3.05) is 0 Å². The number of hydrogen-bond acceptors (Lipinski definition) is 2. The van der Waals surface area contributed by atoms with Gasteiger partial charge >= 0.3 is 0 Å². The van der Waals surface area contributed by atoms with Gasteiger partial charge in [-0.05, 0) is 68.5 Å². The van der Waals surface area contributed by atoms with Crippen LogP contribution in [0.2, 0.25) is 13.1 Å². The summed E-state index contributed by atoms with van der Waals surface area (Å²) in [6.45, 7) is 9.60. The third kappa shape index (κ3) is 3.89. The van der Waals surface area contributed by atoms with Crippen LogP contribution in [0.3, 0.4) is 0 Å². The predicted octanol–water partition coefficient (Wildman–Crippen LogP) is 10.0. The molecule has 0 saturated carbocycles. The van der Waals surface area contributed by atoms with E-state index >= 15 is 0 Å². The molecular formula is C45H35N3Si. The molecule has 3 nitrogen and oxygen atoms in total. The van der Waals surface area contributed by atoms with E-state index in [1.807, 2.05) is 6.07 Å². The average molecular weight is 646 g/mol. The van der Waals surface area contributed by atoms with Crippen molar-refractivity contribution in [1.82, 2.24) is 14.5 Å². The molecule has 0 bridgehead atoms. The molecule has 0 saturated heterocycles. The molecule has 2 aromatic heterocycles. The highest BCUT2D eigenvalue weighted by Gasteiger charge is 2.42. The van der Waals surface area contributed by atoms with Crippen molar-refractivity contribution < 1.29 is 0 Å². The van der Waals surface area contributed by atoms with E-state index < -0.39 is 8.07 Å². The van der Waals surface area contributed by atoms with E-state index in [0.717, 1.165) is 34.0 Å². The van der Waals surface area contributed by atoms with Crippen molar-refractivity contribution in [2.24, 2.45) is 0 Å². The average Bonchev–Trinajstić information content (AvgIpc) is 3.68. The largest absolute Gasteiger partial charge is 0.309 e. The molecule has 2 aliphatic rings. The Morgan fingerprint density at radius 1 is 0.531 bits per heavy atom. The quantitative estimate of drug-likeness (QED) is 0.179. The summed E-state index contributed by atoms with van der Waals surface area (Å²) in [6, 6.07) is 51.0. The van der Waals surface area contributed by atoms with Gasteiger partial charge in [-0.15, -0.1) is 0 Å². The number of benzene rings is 6. The summed E-state index contributed by atoms with van der Waals surface area (Å²) in [7, 11) is -2.05. The molecule has 0 N–H and O–H groups in total. The highest BCUT2D eigenvalue weighted by molar-refractivity contribution is 7.04. The van der Waals surface area contributed by atoms with E-state index in [-0.39, 0.29) is 5.41 Å². The van der Waals surface area contributed by atoms with Crippen LogP contribution in [0.1, 0.15) is 25.0 Å². The molecule has 10 rings (SSSR count). The van der Waals surface area contributed by atoms with Gasteiger partial charge in [-0.25, -0.2) is 9.97 Å². The second kappa shape index (κ2) is 9.97. The number of fused-ring (bicyclic) bond motifs is 9. The zero-order valence-electron chi connectivity index (χ0n) is 28.1. The van der Waals surface area contributed by atoms with E-state index in [1.165, 1.54) is 60.0 Å². The molecule has 6 aromatic carbocycles. The summed E-state index contributed by atoms with van der Waals surface area (Å²) in [6.07, 6.45) is 0. The molecule has 3 heterocycles. The first-order valence-corrected chi connectivity index (χ1v) is 20.2. The zero-order valence-corrected chi connectivity index (χ0v) is 29.1. The highest BCUT2D eigenvalue weighted by atomic mass is 28.3. The maximum atomic E-state index is 5.35. The molecule has 0 radical (unpaired) electrons. The van der Waals surface area contributed by atoms with Gasteiger partial charge in [0.15, 0.2) is 5.82 Å². The highest BCUT2D eigenvalue weighted by Crippen LogP contribution is 2.51. The number of hydrogen-bond donors (Lipinski definition) is 0. The monoisotopic (exact) mass is 645 g/mol. The van der Waals surface area contributed by atoms with Crippen molar-refractivity contribution in [3.05, 3.63) is 151 Å². The first-order chi connectivity index (χ1) is 23.8. The van der Waals surface area contributed by atoms with Gasteiger partial charge in [0.05, 0.1) is 22.4 Å². The van der Waals surface area contributed by atoms with Crippen LogP contribution >= 0.6 is 0 Å². The van der Waals surface area contributed by atoms with E-state index in [9.17, 15) is 0 Å². The maximum absolute atomic E-state index is 5.35. The molecule has 0 fully saturated rings. The predicted molar refractivity (Wildman–Crippen MR) is 207 cm³/mol. The minimum atomic E-state index is -2.05. The standard InChI is InChI=1S/C45H35N3Si/c1-45(2)36-19-11-8-16-31(36)34-27-39-35(26-37(34)45)32-17-9-12-20-38(32)48(39)30-24-22-28(23-25-30)41-43-42(33-18-10-13-21-40(33)49(43,3)4)47-44(46-41)29-14-6-5-7-15-29/h5-27H,1-4H3. The van der Waals surface area contributed by atoms with Gasteiger partial charge in [-0.1, -0.05) is 136 Å². The Morgan fingerprint density at radius 3 is 2.02 bits per heavy atom. The second-order valence-electron chi connectivity index (χ2n) is 14.6. The van der Waals surface area contributed by atoms with Gasteiger partial charge in [-0.2, -0.15) is 0 Å². The smallest absolute Gasteiger partial charge is 0.160 e. The van der Waals surface area contributed by atoms with Gasteiger partial charge in [0, 0.05) is 33.0 Å². The summed E-state index contributed by atoms with van der Waals surface area (Å²) in [5, 5.41) is 5.34. The lowest BCUT2D eigenvalue weighted by Crippen LogP contribution is -2.50. The van der Waals surface area contributed by atoms with Gasteiger partial charge in [-0.3, -0.25) is 0 Å². The van der Waals surface area contributed by atoms with Crippen molar-refractivity contribution >= 4 is 40.3 Å². The van der Waals surface area contributed by atoms with Crippen LogP contribution in [-0.2, 0) is 5.41 Å². The van der Waals surface area contributed by atoms with E-state index in [1.54, 1.807) is 0 Å². The number of nitrogens with zero attached hydrogens (tertiary/aromatic N) is 3. The number of aromatic nitrogens is 3. The fraction of sp³-hybridized carbons (Fsp3) is 0.111. The Bertz CT molecular complexity index is 2650. The lowest BCUT2D eigenvalue weighted by molar-refractivity contribution is 0.661. The zero-order chi connectivity index (χ0) is 33.1. The number of rotatable bonds is 3. The Hall–Kier alpha value is -5.58. The molecule has 0 atom stereocenters. The molecule has 0 amide bonds. The summed E-state index contributed by atoms with van der Waals surface area (Å²) < 4.78 is 2.44. The molecule has 0 spiro atoms. The van der Waals surface area contributed by atoms with E-state index in [2.05, 4.69) is 165 Å². The van der Waals surface area contributed by atoms with Crippen molar-refractivity contribution in [2.45, 2.75) is 32.4 Å². The van der Waals surface area contributed by atoms with Crippen molar-refractivity contribution in [1.29, 1.82) is 0 Å². The Morgan fingerprint density at radius 2 is 1.20 bits per heavy atom. The van der Waals surface area contributed by atoms with Crippen molar-refractivity contribution in [3.8, 4) is 50.7 Å². The van der Waals surface area contributed by atoms with E-state index in [4.69, 9.17) is 9.97 Å². The molecule has 234 valence electrons. The molecule has 4 heteroatoms. The van der Waals surface area contributed by atoms with Crippen LogP contribution in [0.5, 0.6) is 0 Å². The van der Waals surface area contributed by atoms with Crippen LogP contribution in [0, 0.1) is 0 Å². The van der Waals surface area contributed by atoms with Gasteiger partial charge in [0.2, 0.25) is 0 Å². The minimum Gasteiger partial charge on any atom is -0.309 e. The Kier molecular flexibility index (Phi) is 5.79. The topological polar surface area (TPSA) is 30.7 Å². The van der Waals surface area contributed by atoms with Crippen LogP contribution in [0.15, 0.2) is 140 Å². The third-order valence-electron chi connectivity index (χ3n) is 11.2. The van der Waals surface area contributed by atoms with Crippen LogP contribution in [-0.4, -0.2) is 22.6 Å². The van der Waals surface area contributed by atoms with Gasteiger partial charge in [0.1, 0.15) is 8.07 Å². The van der Waals surface area contributed by atoms with Gasteiger partial charge < -0.3 is 4.57 Å². The van der Waals surface area contributed by atoms with Crippen LogP contribution in [0.4, 0.5) is 0 Å². The maximum Gasteiger partial charge on any atom is 0.160 e. The molecule has 8 aromatic rings. The van der Waals surface area contributed by atoms with E-state index in [0.29, 0.717) is 0 Å². The second-order valence-corrected chi connectivity index (χ2v) is 18.9. The molecular weight excluding hydrogens is 611 g/mol. The summed E-state index contributed by atoms with van der Waals surface area (Å²) in [4.78, 5) is 10.6. The summed E-state index contributed by atoms with van der Waals surface area (Å²) in [5.74, 6) is 0.777. The molecule has 0 unspecified atom stereocenters. The lowest BCUT2D eigenvalue weighted by atomic mass is 9.82. The fourth-order valence-electron chi connectivity index (χ4n) is 8.75. The minimum absolute atomic E-state index is 0.0435. The third-order valence-corrected chi connectivity index (χ3v) is 14.7. The lowest BCUT2D eigenvalue weighted by Gasteiger charge is -2.22. The SMILES string of the molecule is CC1(C)c2ccccc2-c2cc3c(cc21)c1ccccc1n3-c1ccc(-c2nc(-c3ccccc3)nc3c2[Si](C)(C)c2ccccc2-3)cc1. The van der Waals surface area contributed by atoms with Crippen molar-refractivity contribution in [3.63, 3.8) is 0 Å². The molecule has 1 aliphatic heterocycles. The summed E-state index contributed by atoms with van der Waals surface area (Å²) in [5.41, 5.74) is 14.6. The fourth-order valence-corrected chi connectivity index (χ4v) is 12.0. The Labute approximate surface area is 287 Å². The van der Waals surface area contributed by atoms with Gasteiger partial charge in [0.25, 0.3) is 0 Å².